The Balaban J connectivity index is 2.24. The zero-order chi connectivity index (χ0) is 14.7. The highest BCUT2D eigenvalue weighted by atomic mass is 79.9. The molecule has 0 spiro atoms. The van der Waals surface area contributed by atoms with Gasteiger partial charge in [-0.15, -0.1) is 0 Å². The molecule has 0 bridgehead atoms. The highest BCUT2D eigenvalue weighted by Gasteiger charge is 2.12. The average molecular weight is 400 g/mol. The van der Waals surface area contributed by atoms with Gasteiger partial charge < -0.3 is 15.8 Å². The minimum Gasteiger partial charge on any atom is -0.496 e. The fraction of sp³-hybridized carbons (Fsp3) is 0.0714. The molecule has 0 heterocycles. The number of carbonyl (C=O) groups excluding carboxylic acids is 1. The van der Waals surface area contributed by atoms with E-state index in [4.69, 9.17) is 10.5 Å². The molecule has 1 amide bonds. The Bertz CT molecular complexity index is 660. The molecule has 20 heavy (non-hydrogen) atoms. The second-order valence-electron chi connectivity index (χ2n) is 4.01. The van der Waals surface area contributed by atoms with Gasteiger partial charge in [0.1, 0.15) is 5.75 Å². The number of halogens is 2. The molecule has 2 aromatic rings. The first-order chi connectivity index (χ1) is 9.52. The molecule has 0 aliphatic rings. The number of amides is 1. The first-order valence-electron chi connectivity index (χ1n) is 5.72. The smallest absolute Gasteiger partial charge is 0.256 e. The van der Waals surface area contributed by atoms with Crippen LogP contribution in [0.1, 0.15) is 10.4 Å². The van der Waals surface area contributed by atoms with Gasteiger partial charge in [-0.1, -0.05) is 6.07 Å². The Morgan fingerprint density at radius 3 is 2.65 bits per heavy atom. The number of benzene rings is 2. The van der Waals surface area contributed by atoms with Gasteiger partial charge in [0.2, 0.25) is 0 Å². The molecule has 2 rings (SSSR count). The van der Waals surface area contributed by atoms with Crippen LogP contribution in [0.4, 0.5) is 11.4 Å². The summed E-state index contributed by atoms with van der Waals surface area (Å²) in [7, 11) is 1.59. The Hall–Kier alpha value is -1.53. The first-order valence-corrected chi connectivity index (χ1v) is 7.30. The number of nitrogens with two attached hydrogens (primary N) is 1. The van der Waals surface area contributed by atoms with Gasteiger partial charge in [0.15, 0.2) is 0 Å². The summed E-state index contributed by atoms with van der Waals surface area (Å²) in [5.74, 6) is 0.467. The lowest BCUT2D eigenvalue weighted by atomic mass is 10.2. The van der Waals surface area contributed by atoms with E-state index >= 15 is 0 Å². The summed E-state index contributed by atoms with van der Waals surface area (Å²) in [6, 6.07) is 10.5. The molecule has 104 valence electrons. The summed E-state index contributed by atoms with van der Waals surface area (Å²) < 4.78 is 6.50. The molecular weight excluding hydrogens is 388 g/mol. The predicted molar refractivity (Wildman–Crippen MR) is 87.2 cm³/mol. The number of hydrogen-bond donors (Lipinski definition) is 2. The van der Waals surface area contributed by atoms with Gasteiger partial charge >= 0.3 is 0 Å². The van der Waals surface area contributed by atoms with E-state index in [-0.39, 0.29) is 5.91 Å². The highest BCUT2D eigenvalue weighted by Crippen LogP contribution is 2.29. The lowest BCUT2D eigenvalue weighted by molar-refractivity contribution is 0.102. The molecule has 0 unspecified atom stereocenters. The quantitative estimate of drug-likeness (QED) is 0.765. The normalized spacial score (nSPS) is 10.2. The molecule has 0 fully saturated rings. The van der Waals surface area contributed by atoms with Crippen LogP contribution in [0, 0.1) is 0 Å². The van der Waals surface area contributed by atoms with E-state index in [9.17, 15) is 4.79 Å². The van der Waals surface area contributed by atoms with Gasteiger partial charge in [-0.25, -0.2) is 0 Å². The van der Waals surface area contributed by atoms with Gasteiger partial charge in [0, 0.05) is 11.4 Å². The third kappa shape index (κ3) is 3.13. The fourth-order valence-electron chi connectivity index (χ4n) is 1.67. The lowest BCUT2D eigenvalue weighted by Crippen LogP contribution is -2.13. The van der Waals surface area contributed by atoms with Crippen molar-refractivity contribution in [2.75, 3.05) is 18.2 Å². The van der Waals surface area contributed by atoms with Crippen LogP contribution in [0.15, 0.2) is 45.3 Å². The summed E-state index contributed by atoms with van der Waals surface area (Å²) in [4.78, 5) is 12.2. The van der Waals surface area contributed by atoms with Crippen LogP contribution in [0.25, 0.3) is 0 Å². The van der Waals surface area contributed by atoms with Crippen molar-refractivity contribution in [2.45, 2.75) is 0 Å². The molecule has 4 nitrogen and oxygen atoms in total. The van der Waals surface area contributed by atoms with Crippen molar-refractivity contribution in [3.8, 4) is 5.75 Å². The molecule has 3 N–H and O–H groups in total. The van der Waals surface area contributed by atoms with Crippen molar-refractivity contribution < 1.29 is 9.53 Å². The van der Waals surface area contributed by atoms with Crippen molar-refractivity contribution in [3.63, 3.8) is 0 Å². The monoisotopic (exact) mass is 398 g/mol. The van der Waals surface area contributed by atoms with E-state index in [1.807, 2.05) is 0 Å². The molecule has 0 aliphatic heterocycles. The van der Waals surface area contributed by atoms with Gasteiger partial charge in [-0.05, 0) is 62.2 Å². The Kier molecular flexibility index (Phi) is 4.67. The summed E-state index contributed by atoms with van der Waals surface area (Å²) in [5, 5.41) is 2.81. The number of nitrogens with one attached hydrogen (secondary N) is 1. The maximum absolute atomic E-state index is 12.2. The van der Waals surface area contributed by atoms with E-state index < -0.39 is 0 Å². The van der Waals surface area contributed by atoms with Gasteiger partial charge in [0.05, 0.1) is 21.6 Å². The van der Waals surface area contributed by atoms with Crippen molar-refractivity contribution >= 4 is 49.1 Å². The molecular formula is C14H12Br2N2O2. The van der Waals surface area contributed by atoms with E-state index in [1.54, 1.807) is 43.5 Å². The minimum absolute atomic E-state index is 0.235. The summed E-state index contributed by atoms with van der Waals surface area (Å²) in [6.45, 7) is 0. The van der Waals surface area contributed by atoms with E-state index in [0.29, 0.717) is 27.2 Å². The average Bonchev–Trinajstić information content (AvgIpc) is 2.42. The molecule has 0 atom stereocenters. The van der Waals surface area contributed by atoms with E-state index in [2.05, 4.69) is 37.2 Å². The number of methoxy groups -OCH3 is 1. The van der Waals surface area contributed by atoms with E-state index in [0.717, 1.165) is 4.47 Å². The largest absolute Gasteiger partial charge is 0.496 e. The third-order valence-corrected chi connectivity index (χ3v) is 4.19. The molecule has 6 heteroatoms. The molecule has 0 aromatic heterocycles. The molecule has 0 radical (unpaired) electrons. The second kappa shape index (κ2) is 6.28. The number of carbonyl (C=O) groups is 1. The number of anilines is 2. The Morgan fingerprint density at radius 1 is 1.25 bits per heavy atom. The number of nitrogen functional groups attached to an aromatic ring is 1. The molecule has 0 saturated carbocycles. The summed E-state index contributed by atoms with van der Waals surface area (Å²) >= 11 is 6.69. The van der Waals surface area contributed by atoms with Gasteiger partial charge in [0.25, 0.3) is 5.91 Å². The van der Waals surface area contributed by atoms with Crippen LogP contribution in [0.2, 0.25) is 0 Å². The zero-order valence-electron chi connectivity index (χ0n) is 10.6. The van der Waals surface area contributed by atoms with Crippen molar-refractivity contribution in [3.05, 3.63) is 50.9 Å². The maximum Gasteiger partial charge on any atom is 0.256 e. The Morgan fingerprint density at radius 2 is 2.00 bits per heavy atom. The first kappa shape index (κ1) is 14.9. The zero-order valence-corrected chi connectivity index (χ0v) is 13.8. The fourth-order valence-corrected chi connectivity index (χ4v) is 2.65. The van der Waals surface area contributed by atoms with Crippen LogP contribution in [-0.2, 0) is 0 Å². The number of hydrogen-bond acceptors (Lipinski definition) is 3. The summed E-state index contributed by atoms with van der Waals surface area (Å²) in [6.07, 6.45) is 0. The van der Waals surface area contributed by atoms with Crippen molar-refractivity contribution in [1.82, 2.24) is 0 Å². The predicted octanol–water partition coefficient (Wildman–Crippen LogP) is 4.05. The van der Waals surface area contributed by atoms with Crippen LogP contribution >= 0.6 is 31.9 Å². The third-order valence-electron chi connectivity index (χ3n) is 2.68. The highest BCUT2D eigenvalue weighted by molar-refractivity contribution is 9.11. The second-order valence-corrected chi connectivity index (χ2v) is 5.66. The molecule has 2 aromatic carbocycles. The number of ether oxygens (including phenoxy) is 1. The number of rotatable bonds is 3. The van der Waals surface area contributed by atoms with E-state index in [1.165, 1.54) is 0 Å². The lowest BCUT2D eigenvalue weighted by Gasteiger charge is -2.10. The maximum atomic E-state index is 12.2. The van der Waals surface area contributed by atoms with Crippen LogP contribution in [-0.4, -0.2) is 13.0 Å². The topological polar surface area (TPSA) is 64.3 Å². The minimum atomic E-state index is -0.235. The van der Waals surface area contributed by atoms with Crippen molar-refractivity contribution in [1.29, 1.82) is 0 Å². The Labute approximate surface area is 133 Å². The molecule has 0 aliphatic carbocycles. The van der Waals surface area contributed by atoms with Gasteiger partial charge in [-0.2, -0.15) is 0 Å². The van der Waals surface area contributed by atoms with Crippen LogP contribution < -0.4 is 15.8 Å². The summed E-state index contributed by atoms with van der Waals surface area (Å²) in [5.41, 5.74) is 7.43. The molecule has 0 saturated heterocycles. The van der Waals surface area contributed by atoms with Crippen LogP contribution in [0.3, 0.4) is 0 Å². The van der Waals surface area contributed by atoms with Gasteiger partial charge in [-0.3, -0.25) is 4.79 Å². The van der Waals surface area contributed by atoms with Crippen LogP contribution in [0.5, 0.6) is 5.75 Å². The van der Waals surface area contributed by atoms with Crippen molar-refractivity contribution in [2.24, 2.45) is 0 Å². The standard InChI is InChI=1S/C14H12Br2N2O2/c1-20-12-6-5-8(7-10(12)15)18-14(19)9-3-2-4-11(17)13(9)16/h2-7H,17H2,1H3,(H,18,19). The SMILES string of the molecule is COc1ccc(NC(=O)c2cccc(N)c2Br)cc1Br.